The van der Waals surface area contributed by atoms with Crippen molar-refractivity contribution in [2.75, 3.05) is 7.05 Å². The van der Waals surface area contributed by atoms with E-state index in [-0.39, 0.29) is 11.2 Å². The Morgan fingerprint density at radius 1 is 1.03 bits per heavy atom. The van der Waals surface area contributed by atoms with Crippen molar-refractivity contribution in [2.45, 2.75) is 19.6 Å². The highest BCUT2D eigenvalue weighted by Crippen LogP contribution is 2.11. The Balaban J connectivity index is 1.46. The summed E-state index contributed by atoms with van der Waals surface area (Å²) in [5.41, 5.74) is 2.37. The normalized spacial score (nSPS) is 11.6. The Labute approximate surface area is 166 Å². The minimum atomic E-state index is -0.385. The van der Waals surface area contributed by atoms with Gasteiger partial charge in [0.15, 0.2) is 5.65 Å². The van der Waals surface area contributed by atoms with E-state index in [9.17, 15) is 9.59 Å². The van der Waals surface area contributed by atoms with Gasteiger partial charge in [0.25, 0.3) is 5.56 Å². The van der Waals surface area contributed by atoms with Crippen LogP contribution >= 0.6 is 0 Å². The lowest BCUT2D eigenvalue weighted by atomic mass is 10.1. The molecular formula is C20H23N7O2. The Kier molecular flexibility index (Phi) is 4.89. The first-order valence-corrected chi connectivity index (χ1v) is 9.29. The van der Waals surface area contributed by atoms with Gasteiger partial charge in [0.1, 0.15) is 11.3 Å². The third-order valence-corrected chi connectivity index (χ3v) is 4.96. The van der Waals surface area contributed by atoms with Gasteiger partial charge in [-0.3, -0.25) is 18.8 Å². The van der Waals surface area contributed by atoms with Gasteiger partial charge in [0, 0.05) is 39.6 Å². The van der Waals surface area contributed by atoms with Crippen LogP contribution in [0.25, 0.3) is 11.2 Å². The number of H-pyrrole nitrogens is 1. The number of hydrogen-bond donors (Lipinski definition) is 1. The van der Waals surface area contributed by atoms with Crippen molar-refractivity contribution in [2.24, 2.45) is 14.1 Å². The van der Waals surface area contributed by atoms with E-state index in [1.807, 2.05) is 17.8 Å². The van der Waals surface area contributed by atoms with Crippen LogP contribution in [0.4, 0.5) is 0 Å². The molecule has 3 aromatic heterocycles. The zero-order valence-electron chi connectivity index (χ0n) is 16.7. The van der Waals surface area contributed by atoms with Crippen molar-refractivity contribution in [3.8, 4) is 0 Å². The van der Waals surface area contributed by atoms with E-state index >= 15 is 0 Å². The Morgan fingerprint density at radius 3 is 2.45 bits per heavy atom. The van der Waals surface area contributed by atoms with E-state index in [2.05, 4.69) is 44.1 Å². The number of hydrogen-bond acceptors (Lipinski definition) is 5. The molecule has 3 heterocycles. The van der Waals surface area contributed by atoms with Gasteiger partial charge in [-0.05, 0) is 18.2 Å². The molecule has 0 aliphatic heterocycles. The lowest BCUT2D eigenvalue weighted by molar-refractivity contribution is 0.312. The predicted molar refractivity (Wildman–Crippen MR) is 110 cm³/mol. The zero-order valence-corrected chi connectivity index (χ0v) is 16.7. The second-order valence-corrected chi connectivity index (χ2v) is 7.31. The number of aryl methyl sites for hydroxylation is 1. The monoisotopic (exact) mass is 393 g/mol. The number of fused-ring (bicyclic) bond motifs is 1. The van der Waals surface area contributed by atoms with E-state index in [0.29, 0.717) is 23.5 Å². The average molecular weight is 393 g/mol. The molecule has 0 fully saturated rings. The summed E-state index contributed by atoms with van der Waals surface area (Å²) in [7, 11) is 5.07. The fourth-order valence-electron chi connectivity index (χ4n) is 3.41. The van der Waals surface area contributed by atoms with Crippen LogP contribution in [-0.2, 0) is 33.7 Å². The first kappa shape index (κ1) is 18.9. The van der Waals surface area contributed by atoms with Crippen LogP contribution in [0.2, 0.25) is 0 Å². The van der Waals surface area contributed by atoms with Gasteiger partial charge in [0.2, 0.25) is 0 Å². The number of benzene rings is 1. The third-order valence-electron chi connectivity index (χ3n) is 4.96. The largest absolute Gasteiger partial charge is 0.335 e. The minimum Gasteiger partial charge on any atom is -0.335 e. The summed E-state index contributed by atoms with van der Waals surface area (Å²) in [4.78, 5) is 38.0. The summed E-state index contributed by atoms with van der Waals surface area (Å²) in [6.45, 7) is 2.06. The molecule has 0 saturated carbocycles. The third kappa shape index (κ3) is 3.77. The van der Waals surface area contributed by atoms with Gasteiger partial charge in [-0.1, -0.05) is 24.3 Å². The molecule has 0 unspecified atom stereocenters. The molecule has 9 heteroatoms. The van der Waals surface area contributed by atoms with E-state index in [4.69, 9.17) is 0 Å². The van der Waals surface area contributed by atoms with Crippen molar-refractivity contribution in [3.63, 3.8) is 0 Å². The Morgan fingerprint density at radius 2 is 1.76 bits per heavy atom. The Bertz CT molecular complexity index is 1250. The van der Waals surface area contributed by atoms with Gasteiger partial charge in [0.05, 0.1) is 12.9 Å². The summed E-state index contributed by atoms with van der Waals surface area (Å²) >= 11 is 0. The van der Waals surface area contributed by atoms with Crippen LogP contribution in [0.3, 0.4) is 0 Å². The highest BCUT2D eigenvalue weighted by atomic mass is 16.2. The maximum Gasteiger partial charge on any atom is 0.332 e. The predicted octanol–water partition coefficient (Wildman–Crippen LogP) is 0.837. The summed E-state index contributed by atoms with van der Waals surface area (Å²) < 4.78 is 4.50. The molecule has 0 saturated heterocycles. The van der Waals surface area contributed by atoms with Crippen LogP contribution in [-0.4, -0.2) is 40.6 Å². The topological polar surface area (TPSA) is 93.7 Å². The lowest BCUT2D eigenvalue weighted by Crippen LogP contribution is -2.36. The summed E-state index contributed by atoms with van der Waals surface area (Å²) in [6, 6.07) is 8.45. The molecular weight excluding hydrogens is 370 g/mol. The van der Waals surface area contributed by atoms with E-state index in [1.165, 1.54) is 22.7 Å². The molecule has 0 aliphatic rings. The molecule has 1 N–H and O–H groups in total. The molecule has 0 aliphatic carbocycles. The molecule has 1 aromatic carbocycles. The fraction of sp³-hybridized carbons (Fsp3) is 0.300. The average Bonchev–Trinajstić information content (AvgIpc) is 3.36. The fourth-order valence-corrected chi connectivity index (χ4v) is 3.41. The summed E-state index contributed by atoms with van der Waals surface area (Å²) in [6.07, 6.45) is 5.52. The number of nitrogens with zero attached hydrogens (tertiary/aromatic N) is 6. The molecule has 0 amide bonds. The van der Waals surface area contributed by atoms with Gasteiger partial charge >= 0.3 is 5.69 Å². The molecule has 29 heavy (non-hydrogen) atoms. The number of imidazole rings is 2. The maximum absolute atomic E-state index is 12.3. The zero-order chi connectivity index (χ0) is 20.5. The molecule has 4 rings (SSSR count). The standard InChI is InChI=1S/C20H23N7O2/c1-24(10-14-4-6-15(7-5-14)11-27-9-8-21-13-27)12-16-22-17-18(23-16)25(2)20(29)26(3)19(17)28/h4-9,13H,10-12H2,1-3H3,(H,22,23). The van der Waals surface area contributed by atoms with Crippen molar-refractivity contribution in [1.29, 1.82) is 0 Å². The summed E-state index contributed by atoms with van der Waals surface area (Å²) in [5, 5.41) is 0. The van der Waals surface area contributed by atoms with Gasteiger partial charge in [-0.15, -0.1) is 0 Å². The molecule has 9 nitrogen and oxygen atoms in total. The van der Waals surface area contributed by atoms with Crippen LogP contribution in [0, 0.1) is 0 Å². The maximum atomic E-state index is 12.3. The van der Waals surface area contributed by atoms with Gasteiger partial charge in [-0.2, -0.15) is 0 Å². The van der Waals surface area contributed by atoms with Crippen LogP contribution in [0.15, 0.2) is 52.6 Å². The second kappa shape index (κ2) is 7.51. The van der Waals surface area contributed by atoms with E-state index in [0.717, 1.165) is 17.7 Å². The van der Waals surface area contributed by atoms with Crippen LogP contribution < -0.4 is 11.2 Å². The molecule has 0 radical (unpaired) electrons. The first-order chi connectivity index (χ1) is 13.9. The van der Waals surface area contributed by atoms with E-state index < -0.39 is 0 Å². The van der Waals surface area contributed by atoms with E-state index in [1.54, 1.807) is 19.6 Å². The van der Waals surface area contributed by atoms with Crippen molar-refractivity contribution in [1.82, 2.24) is 33.6 Å². The van der Waals surface area contributed by atoms with Crippen molar-refractivity contribution >= 4 is 11.2 Å². The van der Waals surface area contributed by atoms with Gasteiger partial charge in [-0.25, -0.2) is 14.8 Å². The SMILES string of the molecule is CN(Cc1ccc(Cn2ccnc2)cc1)Cc1nc2c([nH]1)c(=O)n(C)c(=O)n2C. The number of rotatable bonds is 6. The lowest BCUT2D eigenvalue weighted by Gasteiger charge is -2.15. The highest BCUT2D eigenvalue weighted by molar-refractivity contribution is 5.69. The number of aromatic amines is 1. The second-order valence-electron chi connectivity index (χ2n) is 7.31. The van der Waals surface area contributed by atoms with Crippen LogP contribution in [0.5, 0.6) is 0 Å². The molecule has 4 aromatic rings. The quantitative estimate of drug-likeness (QED) is 0.524. The molecule has 150 valence electrons. The summed E-state index contributed by atoms with van der Waals surface area (Å²) in [5.74, 6) is 0.650. The molecule has 0 spiro atoms. The minimum absolute atomic E-state index is 0.349. The van der Waals surface area contributed by atoms with Gasteiger partial charge < -0.3 is 9.55 Å². The van der Waals surface area contributed by atoms with Crippen molar-refractivity contribution < 1.29 is 0 Å². The smallest absolute Gasteiger partial charge is 0.332 e. The highest BCUT2D eigenvalue weighted by Gasteiger charge is 2.14. The Hall–Kier alpha value is -3.46. The molecule has 0 bridgehead atoms. The number of nitrogens with one attached hydrogen (secondary N) is 1. The first-order valence-electron chi connectivity index (χ1n) is 9.29. The van der Waals surface area contributed by atoms with Crippen LogP contribution in [0.1, 0.15) is 17.0 Å². The van der Waals surface area contributed by atoms with Crippen molar-refractivity contribution in [3.05, 3.63) is 80.8 Å². The number of aromatic nitrogens is 6. The molecule has 0 atom stereocenters.